The molecular weight excluding hydrogens is 310 g/mol. The van der Waals surface area contributed by atoms with Crippen molar-refractivity contribution in [2.75, 3.05) is 13.6 Å². The van der Waals surface area contributed by atoms with Crippen LogP contribution >= 0.6 is 0 Å². The van der Waals surface area contributed by atoms with Crippen LogP contribution in [0.15, 0.2) is 42.5 Å². The molecule has 0 radical (unpaired) electrons. The van der Waals surface area contributed by atoms with Gasteiger partial charge in [-0.15, -0.1) is 0 Å². The van der Waals surface area contributed by atoms with Crippen molar-refractivity contribution in [3.05, 3.63) is 48.0 Å². The van der Waals surface area contributed by atoms with Gasteiger partial charge in [-0.1, -0.05) is 55.7 Å². The standard InChI is InChI=1S/C21H25N3O/c1-24(14-17-9-10-18-7-3-4-8-19(18)13-17)15-20(25)23-21(16-22)11-5-2-6-12-21/h3-4,7-10,13H,2,5-6,11-12,14-15H2,1H3,(H,23,25). The number of nitrogens with zero attached hydrogens (tertiary/aromatic N) is 2. The number of benzene rings is 2. The van der Waals surface area contributed by atoms with Gasteiger partial charge >= 0.3 is 0 Å². The summed E-state index contributed by atoms with van der Waals surface area (Å²) >= 11 is 0. The van der Waals surface area contributed by atoms with E-state index in [4.69, 9.17) is 0 Å². The van der Waals surface area contributed by atoms with Crippen LogP contribution in [0.5, 0.6) is 0 Å². The Morgan fingerprint density at radius 3 is 2.60 bits per heavy atom. The van der Waals surface area contributed by atoms with Crippen LogP contribution in [0.4, 0.5) is 0 Å². The Bertz CT molecular complexity index is 787. The van der Waals surface area contributed by atoms with E-state index in [2.05, 4.69) is 41.7 Å². The molecule has 0 aliphatic heterocycles. The molecule has 130 valence electrons. The van der Waals surface area contributed by atoms with Crippen molar-refractivity contribution < 1.29 is 4.79 Å². The quantitative estimate of drug-likeness (QED) is 0.908. The van der Waals surface area contributed by atoms with Crippen LogP contribution in [0, 0.1) is 11.3 Å². The van der Waals surface area contributed by atoms with Gasteiger partial charge in [0.15, 0.2) is 0 Å². The van der Waals surface area contributed by atoms with Crippen molar-refractivity contribution in [1.29, 1.82) is 5.26 Å². The molecule has 2 aromatic rings. The molecule has 1 fully saturated rings. The van der Waals surface area contributed by atoms with Crippen LogP contribution in [-0.2, 0) is 11.3 Å². The SMILES string of the molecule is CN(CC(=O)NC1(C#N)CCCCC1)Cc1ccc2ccccc2c1. The Morgan fingerprint density at radius 1 is 1.16 bits per heavy atom. The van der Waals surface area contributed by atoms with E-state index in [-0.39, 0.29) is 5.91 Å². The first-order valence-electron chi connectivity index (χ1n) is 8.99. The summed E-state index contributed by atoms with van der Waals surface area (Å²) in [6.45, 7) is 1.01. The van der Waals surface area contributed by atoms with E-state index < -0.39 is 5.54 Å². The summed E-state index contributed by atoms with van der Waals surface area (Å²) in [6, 6.07) is 17.0. The van der Waals surface area contributed by atoms with Crippen LogP contribution < -0.4 is 5.32 Å². The first kappa shape index (κ1) is 17.4. The van der Waals surface area contributed by atoms with Gasteiger partial charge in [0.2, 0.25) is 5.91 Å². The van der Waals surface area contributed by atoms with E-state index in [1.54, 1.807) is 0 Å². The zero-order chi connectivity index (χ0) is 17.7. The predicted octanol–water partition coefficient (Wildman–Crippen LogP) is 3.61. The highest BCUT2D eigenvalue weighted by Crippen LogP contribution is 2.27. The van der Waals surface area contributed by atoms with Crippen LogP contribution in [0.1, 0.15) is 37.7 Å². The third-order valence-corrected chi connectivity index (χ3v) is 4.98. The lowest BCUT2D eigenvalue weighted by Crippen LogP contribution is -2.51. The molecule has 3 rings (SSSR count). The van der Waals surface area contributed by atoms with E-state index in [1.807, 2.05) is 24.1 Å². The molecule has 0 bridgehead atoms. The molecule has 1 saturated carbocycles. The van der Waals surface area contributed by atoms with Gasteiger partial charge in [-0.2, -0.15) is 5.26 Å². The van der Waals surface area contributed by atoms with E-state index in [9.17, 15) is 10.1 Å². The van der Waals surface area contributed by atoms with Crippen LogP contribution in [0.3, 0.4) is 0 Å². The Hall–Kier alpha value is -2.38. The molecule has 0 unspecified atom stereocenters. The van der Waals surface area contributed by atoms with E-state index in [0.717, 1.165) is 32.1 Å². The van der Waals surface area contributed by atoms with Gasteiger partial charge in [0.05, 0.1) is 12.6 Å². The summed E-state index contributed by atoms with van der Waals surface area (Å²) in [6.07, 6.45) is 4.72. The normalized spacial score (nSPS) is 16.5. The zero-order valence-corrected chi connectivity index (χ0v) is 14.8. The number of amides is 1. The molecule has 4 heteroatoms. The molecule has 0 aromatic heterocycles. The molecule has 0 spiro atoms. The van der Waals surface area contributed by atoms with Gasteiger partial charge in [-0.25, -0.2) is 0 Å². The minimum atomic E-state index is -0.654. The molecule has 0 saturated heterocycles. The fourth-order valence-corrected chi connectivity index (χ4v) is 3.68. The second kappa shape index (κ2) is 7.67. The summed E-state index contributed by atoms with van der Waals surface area (Å²) in [5.74, 6) is -0.0632. The van der Waals surface area contributed by atoms with Gasteiger partial charge in [0, 0.05) is 6.54 Å². The molecule has 25 heavy (non-hydrogen) atoms. The molecule has 1 N–H and O–H groups in total. The molecule has 0 heterocycles. The molecule has 4 nitrogen and oxygen atoms in total. The number of hydrogen-bond donors (Lipinski definition) is 1. The summed E-state index contributed by atoms with van der Waals surface area (Å²) < 4.78 is 0. The Labute approximate surface area is 149 Å². The highest BCUT2D eigenvalue weighted by Gasteiger charge is 2.33. The molecule has 1 aliphatic carbocycles. The Morgan fingerprint density at radius 2 is 1.88 bits per heavy atom. The van der Waals surface area contributed by atoms with E-state index in [0.29, 0.717) is 13.1 Å². The first-order valence-corrected chi connectivity index (χ1v) is 8.99. The predicted molar refractivity (Wildman–Crippen MR) is 99.9 cm³/mol. The lowest BCUT2D eigenvalue weighted by atomic mass is 9.83. The third-order valence-electron chi connectivity index (χ3n) is 4.98. The maximum Gasteiger partial charge on any atom is 0.235 e. The smallest absolute Gasteiger partial charge is 0.235 e. The topological polar surface area (TPSA) is 56.1 Å². The van der Waals surface area contributed by atoms with Crippen molar-refractivity contribution >= 4 is 16.7 Å². The maximum absolute atomic E-state index is 12.4. The third kappa shape index (κ3) is 4.37. The number of nitriles is 1. The minimum absolute atomic E-state index is 0.0632. The van der Waals surface area contributed by atoms with Crippen molar-refractivity contribution in [1.82, 2.24) is 10.2 Å². The van der Waals surface area contributed by atoms with E-state index in [1.165, 1.54) is 16.3 Å². The summed E-state index contributed by atoms with van der Waals surface area (Å²) in [5, 5.41) is 14.9. The summed E-state index contributed by atoms with van der Waals surface area (Å²) in [7, 11) is 1.94. The number of fused-ring (bicyclic) bond motifs is 1. The van der Waals surface area contributed by atoms with Crippen LogP contribution in [0.2, 0.25) is 0 Å². The number of carbonyl (C=O) groups is 1. The van der Waals surface area contributed by atoms with Gasteiger partial charge in [-0.05, 0) is 42.3 Å². The average molecular weight is 335 g/mol. The van der Waals surface area contributed by atoms with Gasteiger partial charge in [-0.3, -0.25) is 9.69 Å². The molecule has 1 amide bonds. The van der Waals surface area contributed by atoms with Gasteiger partial charge in [0.1, 0.15) is 5.54 Å². The number of nitrogens with one attached hydrogen (secondary N) is 1. The number of likely N-dealkylation sites (N-methyl/N-ethyl adjacent to an activating group) is 1. The first-order chi connectivity index (χ1) is 12.1. The minimum Gasteiger partial charge on any atom is -0.337 e. The number of rotatable bonds is 5. The number of hydrogen-bond acceptors (Lipinski definition) is 3. The summed E-state index contributed by atoms with van der Waals surface area (Å²) in [5.41, 5.74) is 0.528. The van der Waals surface area contributed by atoms with Crippen molar-refractivity contribution in [3.8, 4) is 6.07 Å². The van der Waals surface area contributed by atoms with Crippen LogP contribution in [-0.4, -0.2) is 29.9 Å². The second-order valence-electron chi connectivity index (χ2n) is 7.16. The highest BCUT2D eigenvalue weighted by atomic mass is 16.2. The highest BCUT2D eigenvalue weighted by molar-refractivity contribution is 5.83. The second-order valence-corrected chi connectivity index (χ2v) is 7.16. The Kier molecular flexibility index (Phi) is 5.35. The van der Waals surface area contributed by atoms with Crippen molar-refractivity contribution in [2.45, 2.75) is 44.2 Å². The van der Waals surface area contributed by atoms with E-state index >= 15 is 0 Å². The van der Waals surface area contributed by atoms with Crippen LogP contribution in [0.25, 0.3) is 10.8 Å². The lowest BCUT2D eigenvalue weighted by Gasteiger charge is -2.32. The van der Waals surface area contributed by atoms with Crippen molar-refractivity contribution in [2.24, 2.45) is 0 Å². The molecule has 1 aliphatic rings. The van der Waals surface area contributed by atoms with Gasteiger partial charge in [0.25, 0.3) is 0 Å². The Balaban J connectivity index is 1.58. The molecular formula is C21H25N3O. The number of carbonyl (C=O) groups excluding carboxylic acids is 1. The van der Waals surface area contributed by atoms with Crippen molar-refractivity contribution in [3.63, 3.8) is 0 Å². The fourth-order valence-electron chi connectivity index (χ4n) is 3.68. The largest absolute Gasteiger partial charge is 0.337 e. The average Bonchev–Trinajstić information content (AvgIpc) is 2.62. The molecule has 2 aromatic carbocycles. The monoisotopic (exact) mass is 335 g/mol. The zero-order valence-electron chi connectivity index (χ0n) is 14.8. The summed E-state index contributed by atoms with van der Waals surface area (Å²) in [4.78, 5) is 14.4. The maximum atomic E-state index is 12.4. The lowest BCUT2D eigenvalue weighted by molar-refractivity contribution is -0.123. The van der Waals surface area contributed by atoms with Gasteiger partial charge < -0.3 is 5.32 Å². The molecule has 0 atom stereocenters. The fraction of sp³-hybridized carbons (Fsp3) is 0.429.